The lowest BCUT2D eigenvalue weighted by Gasteiger charge is -2.42. The van der Waals surface area contributed by atoms with Crippen molar-refractivity contribution in [3.63, 3.8) is 0 Å². The lowest BCUT2D eigenvalue weighted by Crippen LogP contribution is -2.57. The molecule has 0 spiro atoms. The monoisotopic (exact) mass is 512 g/mol. The normalized spacial score (nSPS) is 35.4. The van der Waals surface area contributed by atoms with Gasteiger partial charge in [0, 0.05) is 20.1 Å². The van der Waals surface area contributed by atoms with Crippen LogP contribution in [0.25, 0.3) is 0 Å². The number of ketones is 1. The number of hydrogen-bond donors (Lipinski definition) is 3. The SMILES string of the molecule is C.C.C.C.C=CC(C)=O.CCC1OC(OC)C(C)C(C)C1C.CCC1OC(OC)C(O)C(O)C1O. The molecule has 0 aromatic carbocycles. The third-order valence-electron chi connectivity index (χ3n) is 6.21. The van der Waals surface area contributed by atoms with E-state index in [-0.39, 0.29) is 41.8 Å². The molecule has 10 unspecified atom stereocenters. The highest BCUT2D eigenvalue weighted by molar-refractivity contribution is 5.86. The molecule has 0 saturated carbocycles. The molecule has 2 aliphatic rings. The number of carbonyl (C=O) groups is 1. The molecular formula is C27H60O8. The maximum atomic E-state index is 9.69. The maximum Gasteiger partial charge on any atom is 0.186 e. The van der Waals surface area contributed by atoms with Crippen molar-refractivity contribution in [3.8, 4) is 0 Å². The van der Waals surface area contributed by atoms with Gasteiger partial charge in [0.1, 0.15) is 18.3 Å². The summed E-state index contributed by atoms with van der Waals surface area (Å²) in [6.07, 6.45) is -1.50. The number of carbonyl (C=O) groups excluding carboxylic acids is 1. The van der Waals surface area contributed by atoms with E-state index >= 15 is 0 Å². The average molecular weight is 513 g/mol. The lowest BCUT2D eigenvalue weighted by molar-refractivity contribution is -0.290. The Morgan fingerprint density at radius 1 is 0.771 bits per heavy atom. The highest BCUT2D eigenvalue weighted by Gasteiger charge is 2.43. The zero-order valence-electron chi connectivity index (χ0n) is 20.4. The lowest BCUT2D eigenvalue weighted by atomic mass is 9.78. The van der Waals surface area contributed by atoms with E-state index < -0.39 is 30.7 Å². The van der Waals surface area contributed by atoms with Crippen molar-refractivity contribution in [1.82, 2.24) is 0 Å². The predicted octanol–water partition coefficient (Wildman–Crippen LogP) is 4.83. The van der Waals surface area contributed by atoms with Gasteiger partial charge in [-0.25, -0.2) is 0 Å². The molecule has 216 valence electrons. The largest absolute Gasteiger partial charge is 0.388 e. The third-order valence-corrected chi connectivity index (χ3v) is 6.21. The van der Waals surface area contributed by atoms with Crippen LogP contribution in [0.2, 0.25) is 0 Å². The summed E-state index contributed by atoms with van der Waals surface area (Å²) in [5.74, 6) is 1.85. The molecule has 0 amide bonds. The minimum Gasteiger partial charge on any atom is -0.388 e. The van der Waals surface area contributed by atoms with Gasteiger partial charge in [0.25, 0.3) is 0 Å². The second-order valence-electron chi connectivity index (χ2n) is 8.24. The van der Waals surface area contributed by atoms with Gasteiger partial charge in [0.15, 0.2) is 18.4 Å². The van der Waals surface area contributed by atoms with E-state index in [9.17, 15) is 20.1 Å². The summed E-state index contributed by atoms with van der Waals surface area (Å²) in [5, 5.41) is 28.2. The summed E-state index contributed by atoms with van der Waals surface area (Å²) < 4.78 is 21.2. The fourth-order valence-electron chi connectivity index (χ4n) is 3.67. The fraction of sp³-hybridized carbons (Fsp3) is 0.889. The summed E-state index contributed by atoms with van der Waals surface area (Å²) in [5.41, 5.74) is 0. The molecule has 0 radical (unpaired) electrons. The highest BCUT2D eigenvalue weighted by Crippen LogP contribution is 2.36. The third kappa shape index (κ3) is 13.3. The van der Waals surface area contributed by atoms with Crippen LogP contribution in [0.4, 0.5) is 0 Å². The van der Waals surface area contributed by atoms with Crippen molar-refractivity contribution in [1.29, 1.82) is 0 Å². The molecule has 0 bridgehead atoms. The highest BCUT2D eigenvalue weighted by atomic mass is 16.7. The van der Waals surface area contributed by atoms with Gasteiger partial charge in [-0.15, -0.1) is 0 Å². The second-order valence-corrected chi connectivity index (χ2v) is 8.24. The topological polar surface area (TPSA) is 115 Å². The van der Waals surface area contributed by atoms with Crippen LogP contribution in [-0.2, 0) is 23.7 Å². The number of rotatable bonds is 5. The quantitative estimate of drug-likeness (QED) is 0.449. The summed E-state index contributed by atoms with van der Waals surface area (Å²) in [6, 6.07) is 0. The molecule has 2 aliphatic heterocycles. The fourth-order valence-corrected chi connectivity index (χ4v) is 3.67. The molecule has 2 heterocycles. The Kier molecular flexibility index (Phi) is 28.2. The molecule has 0 aromatic rings. The summed E-state index contributed by atoms with van der Waals surface area (Å²) in [6.45, 7) is 15.5. The van der Waals surface area contributed by atoms with Gasteiger partial charge < -0.3 is 34.3 Å². The molecule has 2 fully saturated rings. The van der Waals surface area contributed by atoms with Crippen molar-refractivity contribution >= 4 is 5.78 Å². The average Bonchev–Trinajstić information content (AvgIpc) is 2.77. The first-order valence-electron chi connectivity index (χ1n) is 11.0. The zero-order chi connectivity index (χ0) is 24.3. The van der Waals surface area contributed by atoms with Crippen LogP contribution in [0.15, 0.2) is 12.7 Å². The molecular weight excluding hydrogens is 452 g/mol. The Morgan fingerprint density at radius 3 is 1.51 bits per heavy atom. The van der Waals surface area contributed by atoms with E-state index in [1.54, 1.807) is 7.11 Å². The van der Waals surface area contributed by atoms with E-state index in [1.165, 1.54) is 20.1 Å². The minimum absolute atomic E-state index is 0. The van der Waals surface area contributed by atoms with Crippen molar-refractivity contribution < 1.29 is 39.1 Å². The first-order valence-corrected chi connectivity index (χ1v) is 11.0. The number of aliphatic hydroxyl groups excluding tert-OH is 3. The van der Waals surface area contributed by atoms with Gasteiger partial charge in [-0.1, -0.05) is 70.9 Å². The number of allylic oxidation sites excluding steroid dienone is 1. The van der Waals surface area contributed by atoms with Crippen LogP contribution in [0.1, 0.15) is 84.1 Å². The van der Waals surface area contributed by atoms with E-state index in [0.29, 0.717) is 30.3 Å². The van der Waals surface area contributed by atoms with Gasteiger partial charge in [0.2, 0.25) is 0 Å². The molecule has 8 heteroatoms. The van der Waals surface area contributed by atoms with Crippen LogP contribution in [0.5, 0.6) is 0 Å². The Morgan fingerprint density at radius 2 is 1.17 bits per heavy atom. The zero-order valence-corrected chi connectivity index (χ0v) is 20.4. The van der Waals surface area contributed by atoms with Gasteiger partial charge >= 0.3 is 0 Å². The molecule has 3 N–H and O–H groups in total. The van der Waals surface area contributed by atoms with Crippen LogP contribution >= 0.6 is 0 Å². The van der Waals surface area contributed by atoms with E-state index in [1.807, 2.05) is 6.92 Å². The number of ether oxygens (including phenoxy) is 4. The molecule has 10 atom stereocenters. The molecule has 0 aliphatic carbocycles. The summed E-state index contributed by atoms with van der Waals surface area (Å²) >= 11 is 0. The van der Waals surface area contributed by atoms with Crippen molar-refractivity contribution in [2.45, 2.75) is 127 Å². The Hall–Kier alpha value is -0.870. The van der Waals surface area contributed by atoms with Gasteiger partial charge in [-0.05, 0) is 37.7 Å². The van der Waals surface area contributed by atoms with Crippen LogP contribution < -0.4 is 0 Å². The molecule has 35 heavy (non-hydrogen) atoms. The van der Waals surface area contributed by atoms with Gasteiger partial charge in [-0.2, -0.15) is 0 Å². The van der Waals surface area contributed by atoms with E-state index in [2.05, 4.69) is 34.3 Å². The van der Waals surface area contributed by atoms with Crippen molar-refractivity contribution in [2.24, 2.45) is 17.8 Å². The Bertz CT molecular complexity index is 439. The summed E-state index contributed by atoms with van der Waals surface area (Å²) in [4.78, 5) is 9.69. The van der Waals surface area contributed by atoms with Crippen molar-refractivity contribution in [2.75, 3.05) is 14.2 Å². The van der Waals surface area contributed by atoms with Gasteiger partial charge in [0.05, 0.1) is 12.2 Å². The Balaban J connectivity index is -0.000000132. The Labute approximate surface area is 217 Å². The van der Waals surface area contributed by atoms with Gasteiger partial charge in [-0.3, -0.25) is 4.79 Å². The number of methoxy groups -OCH3 is 2. The van der Waals surface area contributed by atoms with Crippen LogP contribution in [0, 0.1) is 17.8 Å². The first-order chi connectivity index (χ1) is 14.5. The van der Waals surface area contributed by atoms with Crippen molar-refractivity contribution in [3.05, 3.63) is 12.7 Å². The summed E-state index contributed by atoms with van der Waals surface area (Å²) in [7, 11) is 3.11. The van der Waals surface area contributed by atoms with E-state index in [4.69, 9.17) is 18.9 Å². The predicted molar refractivity (Wildman–Crippen MR) is 145 cm³/mol. The standard InChI is InChI=1S/C11H22O2.C8H16O5.C4H6O.4CH4/c1-6-10-8(3)7(2)9(4)11(12-5)13-10;1-3-4-5(9)6(10)7(11)8(12-2)13-4;1-3-4(2)5;;;;/h7-11H,6H2,1-5H3;4-11H,3H2,1-2H3;3H,1H2,2H3;4*1H4. The van der Waals surface area contributed by atoms with Crippen LogP contribution in [0.3, 0.4) is 0 Å². The second kappa shape index (κ2) is 22.3. The molecule has 8 nitrogen and oxygen atoms in total. The maximum absolute atomic E-state index is 9.69. The minimum atomic E-state index is -1.20. The number of hydrogen-bond acceptors (Lipinski definition) is 8. The molecule has 2 saturated heterocycles. The number of aliphatic hydroxyl groups is 3. The smallest absolute Gasteiger partial charge is 0.186 e. The van der Waals surface area contributed by atoms with Crippen LogP contribution in [-0.4, -0.2) is 78.4 Å². The van der Waals surface area contributed by atoms with E-state index in [0.717, 1.165) is 6.42 Å². The molecule has 0 aromatic heterocycles. The first kappa shape index (κ1) is 44.1. The molecule has 2 rings (SSSR count).